The van der Waals surface area contributed by atoms with Crippen LogP contribution in [0, 0.1) is 0 Å². The summed E-state index contributed by atoms with van der Waals surface area (Å²) in [5.74, 6) is -0.116. The van der Waals surface area contributed by atoms with Crippen molar-refractivity contribution < 1.29 is 13.0 Å². The van der Waals surface area contributed by atoms with Crippen LogP contribution in [0.2, 0.25) is 0 Å². The molecule has 0 aliphatic heterocycles. The van der Waals surface area contributed by atoms with Gasteiger partial charge in [-0.15, -0.1) is 0 Å². The largest absolute Gasteiger partial charge is 0.306 e. The SMILES string of the molecule is CCCCN(C)CCCCS(=O)(=O)O. The smallest absolute Gasteiger partial charge is 0.264 e. The fraction of sp³-hybridized carbons (Fsp3) is 1.00. The van der Waals surface area contributed by atoms with Crippen LogP contribution in [0.4, 0.5) is 0 Å². The monoisotopic (exact) mass is 223 g/mol. The lowest BCUT2D eigenvalue weighted by atomic mass is 10.3. The Kier molecular flexibility index (Phi) is 7.13. The second-order valence-electron chi connectivity index (χ2n) is 3.65. The molecule has 0 unspecified atom stereocenters. The minimum atomic E-state index is -3.76. The van der Waals surface area contributed by atoms with Gasteiger partial charge in [-0.05, 0) is 39.4 Å². The summed E-state index contributed by atoms with van der Waals surface area (Å²) >= 11 is 0. The molecular weight excluding hydrogens is 202 g/mol. The zero-order valence-corrected chi connectivity index (χ0v) is 9.89. The molecule has 0 aromatic carbocycles. The molecule has 1 N–H and O–H groups in total. The van der Waals surface area contributed by atoms with Crippen LogP contribution >= 0.6 is 0 Å². The number of rotatable bonds is 8. The molecule has 0 aliphatic rings. The van der Waals surface area contributed by atoms with Gasteiger partial charge in [0.15, 0.2) is 0 Å². The quantitative estimate of drug-likeness (QED) is 0.499. The highest BCUT2D eigenvalue weighted by Gasteiger charge is 2.04. The first kappa shape index (κ1) is 13.9. The maximum absolute atomic E-state index is 10.4. The predicted molar refractivity (Wildman–Crippen MR) is 58.1 cm³/mol. The predicted octanol–water partition coefficient (Wildman–Crippen LogP) is 1.39. The van der Waals surface area contributed by atoms with Gasteiger partial charge >= 0.3 is 0 Å². The molecule has 0 aromatic heterocycles. The van der Waals surface area contributed by atoms with Gasteiger partial charge in [-0.3, -0.25) is 4.55 Å². The third kappa shape index (κ3) is 9.95. The lowest BCUT2D eigenvalue weighted by Gasteiger charge is -2.15. The Labute approximate surface area is 87.0 Å². The van der Waals surface area contributed by atoms with E-state index in [0.29, 0.717) is 6.42 Å². The molecular formula is C9H21NO3S. The van der Waals surface area contributed by atoms with Crippen molar-refractivity contribution >= 4 is 10.1 Å². The van der Waals surface area contributed by atoms with Crippen molar-refractivity contribution in [3.05, 3.63) is 0 Å². The lowest BCUT2D eigenvalue weighted by molar-refractivity contribution is 0.322. The lowest BCUT2D eigenvalue weighted by Crippen LogP contribution is -2.21. The molecule has 0 amide bonds. The fourth-order valence-electron chi connectivity index (χ4n) is 1.21. The van der Waals surface area contributed by atoms with Crippen LogP contribution < -0.4 is 0 Å². The molecule has 0 saturated heterocycles. The zero-order valence-electron chi connectivity index (χ0n) is 9.07. The van der Waals surface area contributed by atoms with Gasteiger partial charge in [-0.2, -0.15) is 8.42 Å². The molecule has 0 aromatic rings. The molecule has 0 atom stereocenters. The number of hydrogen-bond donors (Lipinski definition) is 1. The summed E-state index contributed by atoms with van der Waals surface area (Å²) in [4.78, 5) is 2.19. The topological polar surface area (TPSA) is 57.6 Å². The van der Waals surface area contributed by atoms with Crippen molar-refractivity contribution in [3.8, 4) is 0 Å². The molecule has 0 heterocycles. The zero-order chi connectivity index (χ0) is 11.0. The van der Waals surface area contributed by atoms with Crippen LogP contribution in [0.15, 0.2) is 0 Å². The van der Waals surface area contributed by atoms with E-state index in [1.165, 1.54) is 12.8 Å². The second-order valence-corrected chi connectivity index (χ2v) is 5.22. The van der Waals surface area contributed by atoms with E-state index in [9.17, 15) is 8.42 Å². The Balaban J connectivity index is 3.36. The van der Waals surface area contributed by atoms with Gasteiger partial charge in [-0.1, -0.05) is 13.3 Å². The number of nitrogens with zero attached hydrogens (tertiary/aromatic N) is 1. The molecule has 0 spiro atoms. The Hall–Kier alpha value is -0.130. The molecule has 14 heavy (non-hydrogen) atoms. The molecule has 0 rings (SSSR count). The highest BCUT2D eigenvalue weighted by Crippen LogP contribution is 1.98. The minimum Gasteiger partial charge on any atom is -0.306 e. The molecule has 4 nitrogen and oxygen atoms in total. The van der Waals surface area contributed by atoms with Gasteiger partial charge in [0.05, 0.1) is 5.75 Å². The van der Waals surface area contributed by atoms with Gasteiger partial charge in [0.2, 0.25) is 0 Å². The fourth-order valence-corrected chi connectivity index (χ4v) is 1.77. The summed E-state index contributed by atoms with van der Waals surface area (Å²) in [5.41, 5.74) is 0. The van der Waals surface area contributed by atoms with E-state index in [1.54, 1.807) is 0 Å². The number of unbranched alkanes of at least 4 members (excludes halogenated alkanes) is 2. The minimum absolute atomic E-state index is 0.116. The van der Waals surface area contributed by atoms with Crippen molar-refractivity contribution in [2.45, 2.75) is 32.6 Å². The Bertz CT molecular complexity index is 226. The average Bonchev–Trinajstić information content (AvgIpc) is 2.07. The summed E-state index contributed by atoms with van der Waals surface area (Å²) in [5, 5.41) is 0. The Morgan fingerprint density at radius 2 is 1.71 bits per heavy atom. The van der Waals surface area contributed by atoms with Crippen LogP contribution in [0.3, 0.4) is 0 Å². The molecule has 0 aliphatic carbocycles. The van der Waals surface area contributed by atoms with Crippen LogP contribution in [0.25, 0.3) is 0 Å². The number of hydrogen-bond acceptors (Lipinski definition) is 3. The molecule has 86 valence electrons. The van der Waals surface area contributed by atoms with Gasteiger partial charge in [-0.25, -0.2) is 0 Å². The highest BCUT2D eigenvalue weighted by atomic mass is 32.2. The molecule has 5 heteroatoms. The summed E-state index contributed by atoms with van der Waals surface area (Å²) in [6.07, 6.45) is 3.71. The van der Waals surface area contributed by atoms with E-state index in [4.69, 9.17) is 4.55 Å². The summed E-state index contributed by atoms with van der Waals surface area (Å²) in [7, 11) is -1.73. The maximum atomic E-state index is 10.4. The molecule has 0 saturated carbocycles. The van der Waals surface area contributed by atoms with E-state index in [2.05, 4.69) is 11.8 Å². The third-order valence-corrected chi connectivity index (χ3v) is 2.89. The van der Waals surface area contributed by atoms with E-state index in [0.717, 1.165) is 19.5 Å². The molecule has 0 bridgehead atoms. The molecule has 0 radical (unpaired) electrons. The highest BCUT2D eigenvalue weighted by molar-refractivity contribution is 7.85. The first-order valence-corrected chi connectivity index (χ1v) is 6.70. The Morgan fingerprint density at radius 1 is 1.14 bits per heavy atom. The van der Waals surface area contributed by atoms with Gasteiger partial charge in [0.25, 0.3) is 10.1 Å². The van der Waals surface area contributed by atoms with E-state index in [1.807, 2.05) is 7.05 Å². The molecule has 0 fully saturated rings. The van der Waals surface area contributed by atoms with Crippen molar-refractivity contribution in [1.29, 1.82) is 0 Å². The van der Waals surface area contributed by atoms with Crippen molar-refractivity contribution in [2.24, 2.45) is 0 Å². The van der Waals surface area contributed by atoms with E-state index in [-0.39, 0.29) is 5.75 Å². The van der Waals surface area contributed by atoms with Crippen LogP contribution in [0.5, 0.6) is 0 Å². The second kappa shape index (κ2) is 7.20. The van der Waals surface area contributed by atoms with Gasteiger partial charge < -0.3 is 4.90 Å². The average molecular weight is 223 g/mol. The van der Waals surface area contributed by atoms with Crippen LogP contribution in [-0.2, 0) is 10.1 Å². The van der Waals surface area contributed by atoms with Crippen LogP contribution in [-0.4, -0.2) is 43.8 Å². The normalized spacial score (nSPS) is 12.3. The first-order chi connectivity index (χ1) is 6.45. The van der Waals surface area contributed by atoms with E-state index >= 15 is 0 Å². The van der Waals surface area contributed by atoms with Gasteiger partial charge in [0.1, 0.15) is 0 Å². The van der Waals surface area contributed by atoms with Crippen molar-refractivity contribution in [2.75, 3.05) is 25.9 Å². The maximum Gasteiger partial charge on any atom is 0.264 e. The van der Waals surface area contributed by atoms with Crippen molar-refractivity contribution in [3.63, 3.8) is 0 Å². The Morgan fingerprint density at radius 3 is 2.21 bits per heavy atom. The van der Waals surface area contributed by atoms with Crippen LogP contribution in [0.1, 0.15) is 32.6 Å². The summed E-state index contributed by atoms with van der Waals surface area (Å²) in [6.45, 7) is 4.10. The van der Waals surface area contributed by atoms with Crippen molar-refractivity contribution in [1.82, 2.24) is 4.90 Å². The van der Waals surface area contributed by atoms with E-state index < -0.39 is 10.1 Å². The summed E-state index contributed by atoms with van der Waals surface area (Å²) < 4.78 is 29.3. The first-order valence-electron chi connectivity index (χ1n) is 5.09. The summed E-state index contributed by atoms with van der Waals surface area (Å²) in [6, 6.07) is 0. The standard InChI is InChI=1S/C9H21NO3S/c1-3-4-7-10(2)8-5-6-9-14(11,12)13/h3-9H2,1-2H3,(H,11,12,13). The third-order valence-electron chi connectivity index (χ3n) is 2.09. The van der Waals surface area contributed by atoms with Gasteiger partial charge in [0, 0.05) is 0 Å².